The van der Waals surface area contributed by atoms with E-state index in [4.69, 9.17) is 4.98 Å². The van der Waals surface area contributed by atoms with Gasteiger partial charge in [-0.05, 0) is 39.2 Å². The zero-order valence-corrected chi connectivity index (χ0v) is 13.3. The summed E-state index contributed by atoms with van der Waals surface area (Å²) in [6.07, 6.45) is 5.14. The minimum Gasteiger partial charge on any atom is -0.310 e. The van der Waals surface area contributed by atoms with Crippen molar-refractivity contribution in [1.29, 1.82) is 0 Å². The van der Waals surface area contributed by atoms with E-state index in [2.05, 4.69) is 36.4 Å². The Hall–Kier alpha value is -0.450. The van der Waals surface area contributed by atoms with Crippen molar-refractivity contribution in [3.63, 3.8) is 0 Å². The lowest BCUT2D eigenvalue weighted by atomic mass is 10.1. The zero-order chi connectivity index (χ0) is 13.7. The molecule has 1 aliphatic rings. The monoisotopic (exact) mass is 281 g/mol. The molecule has 1 N–H and O–H groups in total. The summed E-state index contributed by atoms with van der Waals surface area (Å²) in [6, 6.07) is 1.48. The van der Waals surface area contributed by atoms with E-state index in [0.717, 1.165) is 25.7 Å². The van der Waals surface area contributed by atoms with Crippen LogP contribution < -0.4 is 5.32 Å². The minimum atomic E-state index is 0.716. The molecular weight excluding hydrogens is 254 g/mol. The molecule has 0 saturated carbocycles. The molecule has 0 bridgehead atoms. The van der Waals surface area contributed by atoms with Gasteiger partial charge in [0.2, 0.25) is 0 Å². The van der Waals surface area contributed by atoms with Crippen LogP contribution in [-0.2, 0) is 13.1 Å². The quantitative estimate of drug-likeness (QED) is 0.776. The summed E-state index contributed by atoms with van der Waals surface area (Å²) in [4.78, 5) is 7.40. The highest BCUT2D eigenvalue weighted by Gasteiger charge is 2.29. The maximum atomic E-state index is 4.76. The Morgan fingerprint density at radius 2 is 2.26 bits per heavy atom. The number of rotatable bonds is 7. The molecule has 2 heterocycles. The van der Waals surface area contributed by atoms with Crippen molar-refractivity contribution < 1.29 is 0 Å². The van der Waals surface area contributed by atoms with Crippen LogP contribution in [0.1, 0.15) is 57.2 Å². The van der Waals surface area contributed by atoms with Gasteiger partial charge in [0.05, 0.1) is 5.69 Å². The highest BCUT2D eigenvalue weighted by atomic mass is 32.1. The Balaban J connectivity index is 1.88. The van der Waals surface area contributed by atoms with Gasteiger partial charge >= 0.3 is 0 Å². The molecule has 0 amide bonds. The molecule has 2 rings (SSSR count). The number of hydrogen-bond donors (Lipinski definition) is 1. The van der Waals surface area contributed by atoms with Crippen molar-refractivity contribution in [3.05, 3.63) is 16.1 Å². The van der Waals surface area contributed by atoms with Crippen LogP contribution in [0.25, 0.3) is 0 Å². The molecule has 1 aromatic rings. The Labute approximate surface area is 121 Å². The molecule has 3 nitrogen and oxygen atoms in total. The molecule has 2 unspecified atom stereocenters. The number of nitrogens with zero attached hydrogens (tertiary/aromatic N) is 2. The Kier molecular flexibility index (Phi) is 5.79. The minimum absolute atomic E-state index is 0.716. The second kappa shape index (κ2) is 7.36. The normalized spacial score (nSPS) is 24.2. The number of aromatic nitrogens is 1. The number of likely N-dealkylation sites (tertiary alicyclic amines) is 1. The second-order valence-electron chi connectivity index (χ2n) is 5.57. The van der Waals surface area contributed by atoms with Gasteiger partial charge in [0, 0.05) is 30.6 Å². The van der Waals surface area contributed by atoms with Gasteiger partial charge in [-0.2, -0.15) is 0 Å². The van der Waals surface area contributed by atoms with Gasteiger partial charge in [0.1, 0.15) is 5.01 Å². The predicted octanol–water partition coefficient (Wildman–Crippen LogP) is 3.41. The van der Waals surface area contributed by atoms with E-state index >= 15 is 0 Å². The van der Waals surface area contributed by atoms with Gasteiger partial charge < -0.3 is 5.32 Å². The summed E-state index contributed by atoms with van der Waals surface area (Å²) in [6.45, 7) is 9.88. The van der Waals surface area contributed by atoms with E-state index in [9.17, 15) is 0 Å². The number of thiazole rings is 1. The van der Waals surface area contributed by atoms with Gasteiger partial charge in [-0.3, -0.25) is 4.90 Å². The summed E-state index contributed by atoms with van der Waals surface area (Å²) < 4.78 is 0. The van der Waals surface area contributed by atoms with Crippen LogP contribution in [0.15, 0.2) is 5.38 Å². The van der Waals surface area contributed by atoms with Crippen molar-refractivity contribution >= 4 is 11.3 Å². The molecule has 0 radical (unpaired) electrons. The summed E-state index contributed by atoms with van der Waals surface area (Å²) in [5.74, 6) is 0. The zero-order valence-electron chi connectivity index (χ0n) is 12.5. The fourth-order valence-corrected chi connectivity index (χ4v) is 3.67. The molecule has 0 aromatic carbocycles. The van der Waals surface area contributed by atoms with Crippen molar-refractivity contribution in [1.82, 2.24) is 15.2 Å². The van der Waals surface area contributed by atoms with Crippen LogP contribution in [-0.4, -0.2) is 28.5 Å². The van der Waals surface area contributed by atoms with Crippen molar-refractivity contribution in [2.24, 2.45) is 0 Å². The molecule has 0 spiro atoms. The molecule has 0 aliphatic carbocycles. The Morgan fingerprint density at radius 3 is 3.00 bits per heavy atom. The van der Waals surface area contributed by atoms with Crippen molar-refractivity contribution in [2.75, 3.05) is 6.54 Å². The van der Waals surface area contributed by atoms with E-state index in [-0.39, 0.29) is 0 Å². The lowest BCUT2D eigenvalue weighted by molar-refractivity contribution is 0.187. The number of hydrogen-bond acceptors (Lipinski definition) is 4. The molecule has 108 valence electrons. The van der Waals surface area contributed by atoms with Gasteiger partial charge in [-0.25, -0.2) is 4.98 Å². The highest BCUT2D eigenvalue weighted by Crippen LogP contribution is 2.28. The third-order valence-corrected chi connectivity index (χ3v) is 4.97. The largest absolute Gasteiger partial charge is 0.310 e. The van der Waals surface area contributed by atoms with Crippen LogP contribution in [0.3, 0.4) is 0 Å². The van der Waals surface area contributed by atoms with E-state index in [1.165, 1.54) is 36.4 Å². The summed E-state index contributed by atoms with van der Waals surface area (Å²) in [5, 5.41) is 6.88. The van der Waals surface area contributed by atoms with Crippen LogP contribution >= 0.6 is 11.3 Å². The SMILES string of the molecule is CCCNCc1nc(CN2C(C)CCC2CC)cs1. The summed E-state index contributed by atoms with van der Waals surface area (Å²) >= 11 is 1.79. The molecule has 1 aromatic heterocycles. The van der Waals surface area contributed by atoms with Gasteiger partial charge in [0.25, 0.3) is 0 Å². The first-order valence-electron chi connectivity index (χ1n) is 7.64. The second-order valence-corrected chi connectivity index (χ2v) is 6.51. The molecule has 1 fully saturated rings. The smallest absolute Gasteiger partial charge is 0.107 e. The maximum Gasteiger partial charge on any atom is 0.107 e. The van der Waals surface area contributed by atoms with Crippen molar-refractivity contribution in [3.8, 4) is 0 Å². The topological polar surface area (TPSA) is 28.2 Å². The van der Waals surface area contributed by atoms with E-state index in [0.29, 0.717) is 6.04 Å². The molecule has 1 saturated heterocycles. The van der Waals surface area contributed by atoms with Gasteiger partial charge in [-0.15, -0.1) is 11.3 Å². The van der Waals surface area contributed by atoms with Crippen LogP contribution in [0.4, 0.5) is 0 Å². The molecule has 1 aliphatic heterocycles. The fourth-order valence-electron chi connectivity index (χ4n) is 2.91. The van der Waals surface area contributed by atoms with E-state index in [1.807, 2.05) is 0 Å². The van der Waals surface area contributed by atoms with Gasteiger partial charge in [-0.1, -0.05) is 13.8 Å². The predicted molar refractivity (Wildman–Crippen MR) is 82.4 cm³/mol. The fraction of sp³-hybridized carbons (Fsp3) is 0.800. The lowest BCUT2D eigenvalue weighted by Gasteiger charge is -2.26. The summed E-state index contributed by atoms with van der Waals surface area (Å²) in [5.41, 5.74) is 1.26. The molecule has 19 heavy (non-hydrogen) atoms. The first-order chi connectivity index (χ1) is 9.24. The number of nitrogens with one attached hydrogen (secondary N) is 1. The first kappa shape index (κ1) is 14.9. The standard InChI is InChI=1S/C15H27N3S/c1-4-8-16-9-15-17-13(11-19-15)10-18-12(3)6-7-14(18)5-2/h11-12,14,16H,4-10H2,1-3H3. The highest BCUT2D eigenvalue weighted by molar-refractivity contribution is 7.09. The average molecular weight is 281 g/mol. The van der Waals surface area contributed by atoms with Gasteiger partial charge in [0.15, 0.2) is 0 Å². The maximum absolute atomic E-state index is 4.76. The van der Waals surface area contributed by atoms with E-state index < -0.39 is 0 Å². The first-order valence-corrected chi connectivity index (χ1v) is 8.52. The molecule has 2 atom stereocenters. The third kappa shape index (κ3) is 4.01. The van der Waals surface area contributed by atoms with Crippen LogP contribution in [0, 0.1) is 0 Å². The Morgan fingerprint density at radius 1 is 1.42 bits per heavy atom. The lowest BCUT2D eigenvalue weighted by Crippen LogP contribution is -2.33. The van der Waals surface area contributed by atoms with E-state index in [1.54, 1.807) is 11.3 Å². The average Bonchev–Trinajstić information content (AvgIpc) is 2.99. The molecular formula is C15H27N3S. The third-order valence-electron chi connectivity index (χ3n) is 4.07. The van der Waals surface area contributed by atoms with Crippen LogP contribution in [0.2, 0.25) is 0 Å². The Bertz CT molecular complexity index is 377. The molecule has 4 heteroatoms. The van der Waals surface area contributed by atoms with Crippen molar-refractivity contribution in [2.45, 2.75) is 71.6 Å². The summed E-state index contributed by atoms with van der Waals surface area (Å²) in [7, 11) is 0. The van der Waals surface area contributed by atoms with Crippen LogP contribution in [0.5, 0.6) is 0 Å².